The van der Waals surface area contributed by atoms with Crippen molar-refractivity contribution >= 4 is 17.2 Å². The number of hydrogen-bond donors (Lipinski definition) is 0. The van der Waals surface area contributed by atoms with Crippen LogP contribution in [0.5, 0.6) is 0 Å². The van der Waals surface area contributed by atoms with Crippen LogP contribution >= 0.6 is 0 Å². The first-order valence-electron chi connectivity index (χ1n) is 6.90. The molecule has 21 heavy (non-hydrogen) atoms. The molecule has 1 aromatic rings. The van der Waals surface area contributed by atoms with Gasteiger partial charge in [-0.1, -0.05) is 13.8 Å². The highest BCUT2D eigenvalue weighted by molar-refractivity contribution is 5.98. The van der Waals surface area contributed by atoms with E-state index in [1.54, 1.807) is 13.2 Å². The van der Waals surface area contributed by atoms with Crippen LogP contribution in [0, 0.1) is 16.0 Å². The van der Waals surface area contributed by atoms with E-state index in [0.717, 1.165) is 12.2 Å². The predicted octanol–water partition coefficient (Wildman–Crippen LogP) is 2.91. The monoisotopic (exact) mass is 294 g/mol. The van der Waals surface area contributed by atoms with Crippen LogP contribution in [0.25, 0.3) is 0 Å². The fraction of sp³-hybridized carbons (Fsp3) is 0.533. The summed E-state index contributed by atoms with van der Waals surface area (Å²) < 4.78 is 5.09. The highest BCUT2D eigenvalue weighted by atomic mass is 16.6. The second-order valence-electron chi connectivity index (χ2n) is 5.35. The van der Waals surface area contributed by atoms with Gasteiger partial charge in [-0.3, -0.25) is 14.9 Å². The van der Waals surface area contributed by atoms with Gasteiger partial charge in [-0.2, -0.15) is 0 Å². The molecule has 116 valence electrons. The molecule has 0 unspecified atom stereocenters. The molecule has 0 spiro atoms. The van der Waals surface area contributed by atoms with Crippen LogP contribution in [0.15, 0.2) is 18.2 Å². The van der Waals surface area contributed by atoms with Gasteiger partial charge in [0.05, 0.1) is 17.1 Å². The molecule has 0 heterocycles. The lowest BCUT2D eigenvalue weighted by Gasteiger charge is -2.26. The fourth-order valence-electron chi connectivity index (χ4n) is 2.13. The van der Waals surface area contributed by atoms with Crippen molar-refractivity contribution in [3.05, 3.63) is 33.9 Å². The molecule has 0 aliphatic rings. The fourth-order valence-corrected chi connectivity index (χ4v) is 2.13. The van der Waals surface area contributed by atoms with Gasteiger partial charge in [0.2, 0.25) is 0 Å². The average Bonchev–Trinajstić information content (AvgIpc) is 2.42. The minimum absolute atomic E-state index is 0.139. The molecule has 0 saturated heterocycles. The lowest BCUT2D eigenvalue weighted by Crippen LogP contribution is -2.31. The van der Waals surface area contributed by atoms with Gasteiger partial charge in [0.25, 0.3) is 5.69 Å². The van der Waals surface area contributed by atoms with Crippen molar-refractivity contribution in [3.8, 4) is 0 Å². The molecule has 0 saturated carbocycles. The molecular weight excluding hydrogens is 272 g/mol. The summed E-state index contributed by atoms with van der Waals surface area (Å²) in [6.07, 6.45) is 0. The smallest absolute Gasteiger partial charge is 0.282 e. The number of anilines is 1. The highest BCUT2D eigenvalue weighted by Gasteiger charge is 2.20. The zero-order chi connectivity index (χ0) is 16.0. The summed E-state index contributed by atoms with van der Waals surface area (Å²) >= 11 is 0. The van der Waals surface area contributed by atoms with E-state index >= 15 is 0 Å². The number of nitro benzene ring substituents is 1. The van der Waals surface area contributed by atoms with E-state index in [2.05, 4.69) is 13.8 Å². The maximum absolute atomic E-state index is 11.5. The zero-order valence-electron chi connectivity index (χ0n) is 13.0. The number of ketones is 1. The Morgan fingerprint density at radius 1 is 1.43 bits per heavy atom. The second kappa shape index (κ2) is 7.73. The third-order valence-corrected chi connectivity index (χ3v) is 3.07. The Labute approximate surface area is 124 Å². The number of carbonyl (C=O) groups excluding carboxylic acids is 1. The minimum Gasteiger partial charge on any atom is -0.383 e. The van der Waals surface area contributed by atoms with Crippen LogP contribution in [0.2, 0.25) is 0 Å². The Hall–Kier alpha value is -1.95. The predicted molar refractivity (Wildman–Crippen MR) is 82.0 cm³/mol. The molecule has 6 heteroatoms. The summed E-state index contributed by atoms with van der Waals surface area (Å²) in [5.41, 5.74) is 0.726. The van der Waals surface area contributed by atoms with Gasteiger partial charge in [0, 0.05) is 32.0 Å². The summed E-state index contributed by atoms with van der Waals surface area (Å²) in [5.74, 6) is 0.106. The Morgan fingerprint density at radius 3 is 2.57 bits per heavy atom. The SMILES string of the molecule is COCCN(CC(C)C)c1ccc(C(C)=O)c([N+](=O)[O-])c1. The molecule has 1 rings (SSSR count). The third-order valence-electron chi connectivity index (χ3n) is 3.07. The van der Waals surface area contributed by atoms with Crippen molar-refractivity contribution in [1.82, 2.24) is 0 Å². The average molecular weight is 294 g/mol. The first-order valence-corrected chi connectivity index (χ1v) is 6.90. The number of benzene rings is 1. The van der Waals surface area contributed by atoms with Gasteiger partial charge in [-0.05, 0) is 25.0 Å². The maximum atomic E-state index is 11.5. The number of nitrogens with zero attached hydrogens (tertiary/aromatic N) is 2. The van der Waals surface area contributed by atoms with Crippen LogP contribution in [0.1, 0.15) is 31.1 Å². The van der Waals surface area contributed by atoms with Gasteiger partial charge in [-0.25, -0.2) is 0 Å². The minimum atomic E-state index is -0.510. The quantitative estimate of drug-likeness (QED) is 0.419. The number of hydrogen-bond acceptors (Lipinski definition) is 5. The largest absolute Gasteiger partial charge is 0.383 e. The van der Waals surface area contributed by atoms with Gasteiger partial charge in [0.15, 0.2) is 5.78 Å². The van der Waals surface area contributed by atoms with Gasteiger partial charge >= 0.3 is 0 Å². The summed E-state index contributed by atoms with van der Waals surface area (Å²) in [5, 5.41) is 11.1. The third kappa shape index (κ3) is 4.82. The normalized spacial score (nSPS) is 10.7. The van der Waals surface area contributed by atoms with Crippen molar-refractivity contribution in [1.29, 1.82) is 0 Å². The zero-order valence-corrected chi connectivity index (χ0v) is 13.0. The van der Waals surface area contributed by atoms with E-state index in [-0.39, 0.29) is 17.0 Å². The van der Waals surface area contributed by atoms with Crippen LogP contribution < -0.4 is 4.90 Å². The molecule has 0 aliphatic heterocycles. The van der Waals surface area contributed by atoms with Gasteiger partial charge < -0.3 is 9.64 Å². The number of carbonyl (C=O) groups is 1. The molecule has 0 amide bonds. The lowest BCUT2D eigenvalue weighted by atomic mass is 10.1. The van der Waals surface area contributed by atoms with E-state index in [0.29, 0.717) is 19.1 Å². The van der Waals surface area contributed by atoms with Crippen LogP contribution in [0.3, 0.4) is 0 Å². The summed E-state index contributed by atoms with van der Waals surface area (Å²) in [6.45, 7) is 7.44. The number of rotatable bonds is 8. The van der Waals surface area contributed by atoms with E-state index in [1.165, 1.54) is 19.1 Å². The number of methoxy groups -OCH3 is 1. The van der Waals surface area contributed by atoms with Gasteiger partial charge in [-0.15, -0.1) is 0 Å². The number of nitro groups is 1. The highest BCUT2D eigenvalue weighted by Crippen LogP contribution is 2.26. The van der Waals surface area contributed by atoms with Crippen molar-refractivity contribution in [2.24, 2.45) is 5.92 Å². The van der Waals surface area contributed by atoms with E-state index in [9.17, 15) is 14.9 Å². The molecule has 6 nitrogen and oxygen atoms in total. The number of Topliss-reactive ketones (excluding diaryl/α,β-unsaturated/α-hetero) is 1. The topological polar surface area (TPSA) is 72.7 Å². The van der Waals surface area contributed by atoms with Gasteiger partial charge in [0.1, 0.15) is 0 Å². The van der Waals surface area contributed by atoms with E-state index in [1.807, 2.05) is 4.90 Å². The van der Waals surface area contributed by atoms with Crippen LogP contribution in [-0.4, -0.2) is 37.5 Å². The summed E-state index contributed by atoms with van der Waals surface area (Å²) in [4.78, 5) is 24.1. The Kier molecular flexibility index (Phi) is 6.30. The first kappa shape index (κ1) is 17.1. The molecule has 0 aromatic heterocycles. The Morgan fingerprint density at radius 2 is 2.10 bits per heavy atom. The molecule has 0 atom stereocenters. The van der Waals surface area contributed by atoms with Crippen molar-refractivity contribution in [2.75, 3.05) is 31.7 Å². The maximum Gasteiger partial charge on any atom is 0.282 e. The lowest BCUT2D eigenvalue weighted by molar-refractivity contribution is -0.385. The molecule has 1 aromatic carbocycles. The van der Waals surface area contributed by atoms with Crippen molar-refractivity contribution < 1.29 is 14.5 Å². The Bertz CT molecular complexity index is 514. The molecule has 0 bridgehead atoms. The molecule has 0 N–H and O–H groups in total. The molecule has 0 aliphatic carbocycles. The van der Waals surface area contributed by atoms with Crippen molar-refractivity contribution in [2.45, 2.75) is 20.8 Å². The Balaban J connectivity index is 3.16. The number of ether oxygens (including phenoxy) is 1. The summed E-state index contributed by atoms with van der Waals surface area (Å²) in [6, 6.07) is 4.74. The van der Waals surface area contributed by atoms with Crippen molar-refractivity contribution in [3.63, 3.8) is 0 Å². The second-order valence-corrected chi connectivity index (χ2v) is 5.35. The summed E-state index contributed by atoms with van der Waals surface area (Å²) in [7, 11) is 1.62. The molecular formula is C15H22N2O4. The molecule has 0 radical (unpaired) electrons. The molecule has 0 fully saturated rings. The van der Waals surface area contributed by atoms with E-state index in [4.69, 9.17) is 4.74 Å². The van der Waals surface area contributed by atoms with Crippen LogP contribution in [0.4, 0.5) is 11.4 Å². The standard InChI is InChI=1S/C15H22N2O4/c1-11(2)10-16(7-8-21-4)13-5-6-14(12(3)18)15(9-13)17(19)20/h5-6,9,11H,7-8,10H2,1-4H3. The van der Waals surface area contributed by atoms with Crippen LogP contribution in [-0.2, 0) is 4.74 Å². The van der Waals surface area contributed by atoms with E-state index < -0.39 is 4.92 Å². The first-order chi connectivity index (χ1) is 9.86.